The summed E-state index contributed by atoms with van der Waals surface area (Å²) >= 11 is 0. The molecule has 6 nitrogen and oxygen atoms in total. The normalized spacial score (nSPS) is 11.3. The third-order valence-corrected chi connectivity index (χ3v) is 9.77. The van der Waals surface area contributed by atoms with Crippen LogP contribution in [0.1, 0.15) is 0 Å². The van der Waals surface area contributed by atoms with Gasteiger partial charge >= 0.3 is 0 Å². The van der Waals surface area contributed by atoms with Gasteiger partial charge in [-0.05, 0) is 29.8 Å². The lowest BCUT2D eigenvalue weighted by Gasteiger charge is -2.10. The Morgan fingerprint density at radius 1 is 0.291 bits per heavy atom. The predicted molar refractivity (Wildman–Crippen MR) is 221 cm³/mol. The smallest absolute Gasteiger partial charge is 0.164 e. The van der Waals surface area contributed by atoms with E-state index >= 15 is 0 Å². The van der Waals surface area contributed by atoms with Crippen LogP contribution in [0, 0.1) is 0 Å². The van der Waals surface area contributed by atoms with E-state index in [0.717, 1.165) is 77.8 Å². The van der Waals surface area contributed by atoms with E-state index < -0.39 is 0 Å². The van der Waals surface area contributed by atoms with E-state index in [1.54, 1.807) is 0 Å². The number of nitrogens with zero attached hydrogens (tertiary/aromatic N) is 5. The van der Waals surface area contributed by atoms with Crippen LogP contribution in [0.2, 0.25) is 0 Å². The zero-order valence-corrected chi connectivity index (χ0v) is 29.5. The molecule has 55 heavy (non-hydrogen) atoms. The molecule has 0 amide bonds. The quantitative estimate of drug-likeness (QED) is 0.164. The lowest BCUT2D eigenvalue weighted by Crippen LogP contribution is -2.00. The van der Waals surface area contributed by atoms with Gasteiger partial charge in [-0.15, -0.1) is 0 Å². The van der Waals surface area contributed by atoms with E-state index in [4.69, 9.17) is 29.3 Å². The minimum Gasteiger partial charge on any atom is -0.455 e. The molecule has 0 unspecified atom stereocenters. The van der Waals surface area contributed by atoms with Gasteiger partial charge in [-0.25, -0.2) is 24.9 Å². The van der Waals surface area contributed by atoms with Crippen molar-refractivity contribution in [3.63, 3.8) is 0 Å². The third-order valence-electron chi connectivity index (χ3n) is 9.77. The molecule has 0 saturated heterocycles. The maximum Gasteiger partial charge on any atom is 0.164 e. The zero-order valence-electron chi connectivity index (χ0n) is 29.5. The van der Waals surface area contributed by atoms with Gasteiger partial charge < -0.3 is 4.42 Å². The fourth-order valence-electron chi connectivity index (χ4n) is 6.99. The van der Waals surface area contributed by atoms with Crippen LogP contribution in [0.4, 0.5) is 0 Å². The fraction of sp³-hybridized carbons (Fsp3) is 0. The summed E-state index contributed by atoms with van der Waals surface area (Å²) in [5, 5.41) is 2.01. The van der Waals surface area contributed by atoms with Crippen molar-refractivity contribution in [2.24, 2.45) is 0 Å². The highest BCUT2D eigenvalue weighted by Crippen LogP contribution is 2.38. The SMILES string of the molecule is c1ccc(-c2cc(-c3ccccc3)nc(-c3ccc(-c4cccc5c4oc4ccc(-c6nc(-c7ccccc7)nc(-c7ccccc7)n6)cc45)cc3)n2)cc1. The molecule has 0 spiro atoms. The molecule has 0 saturated carbocycles. The lowest BCUT2D eigenvalue weighted by atomic mass is 10.00. The minimum absolute atomic E-state index is 0.602. The molecule has 0 aliphatic carbocycles. The number of hydrogen-bond acceptors (Lipinski definition) is 6. The summed E-state index contributed by atoms with van der Waals surface area (Å²) in [7, 11) is 0. The van der Waals surface area contributed by atoms with Crippen LogP contribution < -0.4 is 0 Å². The molecule has 0 fully saturated rings. The maximum atomic E-state index is 6.58. The molecule has 3 aromatic heterocycles. The van der Waals surface area contributed by atoms with Crippen LogP contribution in [0.15, 0.2) is 192 Å². The van der Waals surface area contributed by atoms with Crippen LogP contribution in [0.3, 0.4) is 0 Å². The largest absolute Gasteiger partial charge is 0.455 e. The second kappa shape index (κ2) is 13.8. The highest BCUT2D eigenvalue weighted by atomic mass is 16.3. The predicted octanol–water partition coefficient (Wildman–Crippen LogP) is 12.2. The Hall–Kier alpha value is -7.57. The van der Waals surface area contributed by atoms with E-state index in [0.29, 0.717) is 23.3 Å². The first-order valence-electron chi connectivity index (χ1n) is 18.2. The summed E-state index contributed by atoms with van der Waals surface area (Å²) in [5.41, 5.74) is 11.2. The maximum absolute atomic E-state index is 6.58. The molecule has 0 aliphatic rings. The summed E-state index contributed by atoms with van der Waals surface area (Å²) in [6.45, 7) is 0. The molecule has 0 N–H and O–H groups in total. The van der Waals surface area contributed by atoms with E-state index in [9.17, 15) is 0 Å². The molecular formula is C49H31N5O. The highest BCUT2D eigenvalue weighted by molar-refractivity contribution is 6.10. The molecule has 0 radical (unpaired) electrons. The number of benzene rings is 7. The first-order chi connectivity index (χ1) is 27.2. The van der Waals surface area contributed by atoms with Crippen molar-refractivity contribution < 1.29 is 4.42 Å². The molecule has 6 heteroatoms. The molecule has 10 aromatic rings. The number of fused-ring (bicyclic) bond motifs is 3. The van der Waals surface area contributed by atoms with Crippen molar-refractivity contribution in [2.75, 3.05) is 0 Å². The van der Waals surface area contributed by atoms with Gasteiger partial charge in [-0.2, -0.15) is 0 Å². The topological polar surface area (TPSA) is 77.6 Å². The summed E-state index contributed by atoms with van der Waals surface area (Å²) in [5.74, 6) is 2.52. The van der Waals surface area contributed by atoms with Gasteiger partial charge in [-0.3, -0.25) is 0 Å². The van der Waals surface area contributed by atoms with Gasteiger partial charge in [0.25, 0.3) is 0 Å². The molecule has 258 valence electrons. The lowest BCUT2D eigenvalue weighted by molar-refractivity contribution is 0.670. The Labute approximate surface area is 317 Å². The molecule has 7 aromatic carbocycles. The Bertz CT molecular complexity index is 2830. The molecular weight excluding hydrogens is 675 g/mol. The van der Waals surface area contributed by atoms with Crippen LogP contribution >= 0.6 is 0 Å². The Morgan fingerprint density at radius 3 is 1.27 bits per heavy atom. The summed E-state index contributed by atoms with van der Waals surface area (Å²) < 4.78 is 6.58. The van der Waals surface area contributed by atoms with Gasteiger partial charge in [-0.1, -0.05) is 164 Å². The summed E-state index contributed by atoms with van der Waals surface area (Å²) in [6.07, 6.45) is 0. The van der Waals surface area contributed by atoms with Crippen molar-refractivity contribution in [3.05, 3.63) is 188 Å². The zero-order chi connectivity index (χ0) is 36.6. The van der Waals surface area contributed by atoms with Gasteiger partial charge in [0, 0.05) is 49.7 Å². The average molecular weight is 706 g/mol. The first kappa shape index (κ1) is 32.1. The van der Waals surface area contributed by atoms with E-state index in [1.807, 2.05) is 109 Å². The number of para-hydroxylation sites is 1. The summed E-state index contributed by atoms with van der Waals surface area (Å²) in [4.78, 5) is 24.8. The number of furan rings is 1. The van der Waals surface area contributed by atoms with E-state index in [-0.39, 0.29) is 0 Å². The Morgan fingerprint density at radius 2 is 0.727 bits per heavy atom. The monoisotopic (exact) mass is 705 g/mol. The second-order valence-corrected chi connectivity index (χ2v) is 13.3. The number of aromatic nitrogens is 5. The average Bonchev–Trinajstić information content (AvgIpc) is 3.66. The third kappa shape index (κ3) is 6.22. The van der Waals surface area contributed by atoms with Crippen molar-refractivity contribution >= 4 is 21.9 Å². The van der Waals surface area contributed by atoms with Gasteiger partial charge in [0.05, 0.1) is 11.4 Å². The molecule has 3 heterocycles. The number of rotatable bonds is 7. The standard InChI is InChI=1S/C49H31N5O/c1-5-14-33(15-6-1)42-31-43(34-16-7-2-8-17-34)51-46(50-42)37-26-24-32(25-27-37)39-22-13-23-40-41-30-38(28-29-44(41)55-45(39)40)49-53-47(35-18-9-3-10-19-35)52-48(54-49)36-20-11-4-12-21-36/h1-31H. The van der Waals surface area contributed by atoms with Gasteiger partial charge in [0.1, 0.15) is 11.2 Å². The van der Waals surface area contributed by atoms with Crippen LogP contribution in [-0.2, 0) is 0 Å². The van der Waals surface area contributed by atoms with E-state index in [1.165, 1.54) is 0 Å². The molecule has 0 atom stereocenters. The minimum atomic E-state index is 0.602. The van der Waals surface area contributed by atoms with Crippen LogP contribution in [0.25, 0.3) is 101 Å². The molecule has 0 bridgehead atoms. The van der Waals surface area contributed by atoms with Crippen molar-refractivity contribution in [3.8, 4) is 79.2 Å². The van der Waals surface area contributed by atoms with Gasteiger partial charge in [0.15, 0.2) is 23.3 Å². The van der Waals surface area contributed by atoms with Crippen molar-refractivity contribution in [1.82, 2.24) is 24.9 Å². The Balaban J connectivity index is 1.03. The first-order valence-corrected chi connectivity index (χ1v) is 18.2. The fourth-order valence-corrected chi connectivity index (χ4v) is 6.99. The van der Waals surface area contributed by atoms with Crippen LogP contribution in [-0.4, -0.2) is 24.9 Å². The molecule has 0 aliphatic heterocycles. The summed E-state index contributed by atoms with van der Waals surface area (Å²) in [6, 6.07) is 63.4. The van der Waals surface area contributed by atoms with Crippen LogP contribution in [0.5, 0.6) is 0 Å². The van der Waals surface area contributed by atoms with Crippen molar-refractivity contribution in [1.29, 1.82) is 0 Å². The molecule has 10 rings (SSSR count). The van der Waals surface area contributed by atoms with Crippen molar-refractivity contribution in [2.45, 2.75) is 0 Å². The highest BCUT2D eigenvalue weighted by Gasteiger charge is 2.17. The van der Waals surface area contributed by atoms with Gasteiger partial charge in [0.2, 0.25) is 0 Å². The van der Waals surface area contributed by atoms with E-state index in [2.05, 4.69) is 78.9 Å². The Kier molecular flexibility index (Phi) is 8.04. The number of hydrogen-bond donors (Lipinski definition) is 0. The second-order valence-electron chi connectivity index (χ2n) is 13.3.